The Bertz CT molecular complexity index is 513. The van der Waals surface area contributed by atoms with E-state index in [1.165, 1.54) is 6.92 Å². The lowest BCUT2D eigenvalue weighted by Crippen LogP contribution is -2.29. The smallest absolute Gasteiger partial charge is 0.159 e. The van der Waals surface area contributed by atoms with E-state index >= 15 is 0 Å². The molecule has 1 saturated heterocycles. The summed E-state index contributed by atoms with van der Waals surface area (Å²) in [5.41, 5.74) is 2.02. The molecule has 0 radical (unpaired) electrons. The van der Waals surface area contributed by atoms with Gasteiger partial charge < -0.3 is 9.64 Å². The molecule has 0 saturated carbocycles. The Morgan fingerprint density at radius 1 is 1.58 bits per heavy atom. The van der Waals surface area contributed by atoms with Gasteiger partial charge in [-0.15, -0.1) is 0 Å². The first-order chi connectivity index (χ1) is 9.11. The minimum absolute atomic E-state index is 0.0104. The summed E-state index contributed by atoms with van der Waals surface area (Å²) in [6.07, 6.45) is 2.37. The van der Waals surface area contributed by atoms with Gasteiger partial charge in [0.1, 0.15) is 6.07 Å². The molecular weight excluding hydrogens is 240 g/mol. The van der Waals surface area contributed by atoms with Crippen molar-refractivity contribution < 1.29 is 9.53 Å². The molecule has 4 nitrogen and oxygen atoms in total. The minimum atomic E-state index is 0.0104. The van der Waals surface area contributed by atoms with Crippen molar-refractivity contribution in [3.63, 3.8) is 0 Å². The van der Waals surface area contributed by atoms with E-state index in [0.717, 1.165) is 31.7 Å². The molecule has 4 heteroatoms. The predicted octanol–water partition coefficient (Wildman–Crippen LogP) is 2.38. The van der Waals surface area contributed by atoms with Crippen molar-refractivity contribution in [1.82, 2.24) is 0 Å². The van der Waals surface area contributed by atoms with E-state index in [9.17, 15) is 4.79 Å². The van der Waals surface area contributed by atoms with Crippen LogP contribution in [-0.4, -0.2) is 32.1 Å². The summed E-state index contributed by atoms with van der Waals surface area (Å²) >= 11 is 0. The fraction of sp³-hybridized carbons (Fsp3) is 0.467. The maximum Gasteiger partial charge on any atom is 0.159 e. The molecule has 0 aromatic heterocycles. The van der Waals surface area contributed by atoms with Crippen molar-refractivity contribution in [3.05, 3.63) is 29.3 Å². The molecule has 0 bridgehead atoms. The molecule has 1 atom stereocenters. The Balaban J connectivity index is 2.22. The van der Waals surface area contributed by atoms with Gasteiger partial charge in [0.25, 0.3) is 0 Å². The van der Waals surface area contributed by atoms with Crippen LogP contribution in [0.2, 0.25) is 0 Å². The number of likely N-dealkylation sites (N-methyl/N-ethyl adjacent to an activating group) is 1. The second-order valence-corrected chi connectivity index (χ2v) is 4.92. The van der Waals surface area contributed by atoms with Gasteiger partial charge >= 0.3 is 0 Å². The largest absolute Gasteiger partial charge is 0.376 e. The minimum Gasteiger partial charge on any atom is -0.376 e. The molecule has 1 aliphatic heterocycles. The highest BCUT2D eigenvalue weighted by atomic mass is 16.5. The molecule has 0 spiro atoms. The highest BCUT2D eigenvalue weighted by Crippen LogP contribution is 2.23. The molecule has 1 fully saturated rings. The third-order valence-corrected chi connectivity index (χ3v) is 3.44. The number of benzene rings is 1. The van der Waals surface area contributed by atoms with Gasteiger partial charge in [0, 0.05) is 25.8 Å². The van der Waals surface area contributed by atoms with Crippen LogP contribution in [-0.2, 0) is 4.74 Å². The van der Waals surface area contributed by atoms with Crippen LogP contribution in [0.25, 0.3) is 0 Å². The van der Waals surface area contributed by atoms with Crippen molar-refractivity contribution in [2.45, 2.75) is 25.9 Å². The second kappa shape index (κ2) is 5.85. The lowest BCUT2D eigenvalue weighted by Gasteiger charge is -2.24. The average Bonchev–Trinajstić information content (AvgIpc) is 2.90. The summed E-state index contributed by atoms with van der Waals surface area (Å²) in [7, 11) is 1.93. The Morgan fingerprint density at radius 3 is 2.95 bits per heavy atom. The highest BCUT2D eigenvalue weighted by Gasteiger charge is 2.19. The monoisotopic (exact) mass is 258 g/mol. The normalized spacial score (nSPS) is 18.1. The van der Waals surface area contributed by atoms with Crippen LogP contribution in [0.4, 0.5) is 5.69 Å². The van der Waals surface area contributed by atoms with E-state index in [4.69, 9.17) is 10.00 Å². The van der Waals surface area contributed by atoms with Gasteiger partial charge in [0.15, 0.2) is 5.78 Å². The van der Waals surface area contributed by atoms with Crippen molar-refractivity contribution in [2.75, 3.05) is 25.1 Å². The van der Waals surface area contributed by atoms with Gasteiger partial charge in [-0.3, -0.25) is 4.79 Å². The summed E-state index contributed by atoms with van der Waals surface area (Å²) < 4.78 is 5.60. The van der Waals surface area contributed by atoms with Crippen molar-refractivity contribution in [1.29, 1.82) is 5.26 Å². The first kappa shape index (κ1) is 13.6. The van der Waals surface area contributed by atoms with E-state index in [1.54, 1.807) is 18.2 Å². The summed E-state index contributed by atoms with van der Waals surface area (Å²) in [4.78, 5) is 13.4. The fourth-order valence-electron chi connectivity index (χ4n) is 2.35. The zero-order chi connectivity index (χ0) is 13.8. The number of rotatable bonds is 4. The van der Waals surface area contributed by atoms with Crippen molar-refractivity contribution >= 4 is 11.5 Å². The number of nitrogens with zero attached hydrogens (tertiary/aromatic N) is 2. The summed E-state index contributed by atoms with van der Waals surface area (Å²) in [6.45, 7) is 3.10. The molecule has 0 N–H and O–H groups in total. The molecular formula is C15H18N2O2. The topological polar surface area (TPSA) is 53.3 Å². The van der Waals surface area contributed by atoms with Gasteiger partial charge in [-0.2, -0.15) is 5.26 Å². The number of carbonyl (C=O) groups is 1. The number of nitriles is 1. The number of carbonyl (C=O) groups excluding carboxylic acids is 1. The van der Waals surface area contributed by atoms with E-state index in [2.05, 4.69) is 6.07 Å². The van der Waals surface area contributed by atoms with E-state index in [-0.39, 0.29) is 11.9 Å². The quantitative estimate of drug-likeness (QED) is 0.778. The zero-order valence-corrected chi connectivity index (χ0v) is 11.3. The van der Waals surface area contributed by atoms with Gasteiger partial charge in [0.05, 0.1) is 17.4 Å². The number of ether oxygens (including phenoxy) is 1. The van der Waals surface area contributed by atoms with Gasteiger partial charge in [-0.25, -0.2) is 0 Å². The SMILES string of the molecule is CC(=O)c1ccc(C#N)c(N(C)CC2CCCO2)c1. The standard InChI is InChI=1S/C15H18N2O2/c1-11(18)12-5-6-13(9-16)15(8-12)17(2)10-14-4-3-7-19-14/h5-6,8,14H,3-4,7,10H2,1-2H3. The van der Waals surface area contributed by atoms with E-state index in [1.807, 2.05) is 11.9 Å². The molecule has 1 aromatic rings. The maximum atomic E-state index is 11.4. The van der Waals surface area contributed by atoms with Gasteiger partial charge in [-0.1, -0.05) is 0 Å². The van der Waals surface area contributed by atoms with E-state index < -0.39 is 0 Å². The first-order valence-electron chi connectivity index (χ1n) is 6.49. The molecule has 1 aliphatic rings. The zero-order valence-electron chi connectivity index (χ0n) is 11.3. The van der Waals surface area contributed by atoms with Crippen LogP contribution in [0.15, 0.2) is 18.2 Å². The van der Waals surface area contributed by atoms with Crippen LogP contribution >= 0.6 is 0 Å². The second-order valence-electron chi connectivity index (χ2n) is 4.92. The van der Waals surface area contributed by atoms with E-state index in [0.29, 0.717) is 11.1 Å². The maximum absolute atomic E-state index is 11.4. The Hall–Kier alpha value is -1.86. The third-order valence-electron chi connectivity index (χ3n) is 3.44. The molecule has 1 aromatic carbocycles. The van der Waals surface area contributed by atoms with Crippen LogP contribution < -0.4 is 4.90 Å². The van der Waals surface area contributed by atoms with Crippen molar-refractivity contribution in [3.8, 4) is 6.07 Å². The molecule has 2 rings (SSSR count). The van der Waals surface area contributed by atoms with Crippen LogP contribution in [0.1, 0.15) is 35.7 Å². The first-order valence-corrected chi connectivity index (χ1v) is 6.49. The number of Topliss-reactive ketones (excluding diaryl/α,β-unsaturated/α-hetero) is 1. The molecule has 0 amide bonds. The molecule has 19 heavy (non-hydrogen) atoms. The third kappa shape index (κ3) is 3.12. The Kier molecular flexibility index (Phi) is 4.18. The number of hydrogen-bond donors (Lipinski definition) is 0. The molecule has 0 aliphatic carbocycles. The molecule has 1 unspecified atom stereocenters. The number of hydrogen-bond acceptors (Lipinski definition) is 4. The van der Waals surface area contributed by atoms with Crippen LogP contribution in [0.5, 0.6) is 0 Å². The summed E-state index contributed by atoms with van der Waals surface area (Å²) in [5.74, 6) is 0.0104. The summed E-state index contributed by atoms with van der Waals surface area (Å²) in [5, 5.41) is 9.16. The van der Waals surface area contributed by atoms with Crippen LogP contribution in [0.3, 0.4) is 0 Å². The van der Waals surface area contributed by atoms with Crippen LogP contribution in [0, 0.1) is 11.3 Å². The number of ketones is 1. The lowest BCUT2D eigenvalue weighted by molar-refractivity contribution is 0.101. The van der Waals surface area contributed by atoms with Gasteiger partial charge in [-0.05, 0) is 38.0 Å². The highest BCUT2D eigenvalue weighted by molar-refractivity contribution is 5.95. The lowest BCUT2D eigenvalue weighted by atomic mass is 10.1. The molecule has 100 valence electrons. The fourth-order valence-corrected chi connectivity index (χ4v) is 2.35. The Morgan fingerprint density at radius 2 is 2.37 bits per heavy atom. The number of anilines is 1. The Labute approximate surface area is 113 Å². The summed E-state index contributed by atoms with van der Waals surface area (Å²) in [6, 6.07) is 7.37. The molecule has 1 heterocycles. The van der Waals surface area contributed by atoms with Crippen molar-refractivity contribution in [2.24, 2.45) is 0 Å². The van der Waals surface area contributed by atoms with Gasteiger partial charge in [0.2, 0.25) is 0 Å². The average molecular weight is 258 g/mol. The predicted molar refractivity (Wildman–Crippen MR) is 73.4 cm³/mol.